The molecule has 4 nitrogen and oxygen atoms in total. The first kappa shape index (κ1) is 17.9. The van der Waals surface area contributed by atoms with E-state index in [1.807, 2.05) is 23.9 Å². The molecule has 1 aliphatic heterocycles. The van der Waals surface area contributed by atoms with Gasteiger partial charge in [-0.3, -0.25) is 4.79 Å². The molecule has 134 valence electrons. The predicted molar refractivity (Wildman–Crippen MR) is 102 cm³/mol. The molecule has 2 aromatic rings. The number of rotatable bonds is 7. The van der Waals surface area contributed by atoms with E-state index in [-0.39, 0.29) is 5.78 Å². The topological polar surface area (TPSA) is 37.3 Å². The normalized spacial score (nSPS) is 18.0. The van der Waals surface area contributed by atoms with Gasteiger partial charge < -0.3 is 14.8 Å². The van der Waals surface area contributed by atoms with E-state index in [0.717, 1.165) is 37.4 Å². The molecule has 1 atom stereocenters. The fraction of sp³-hybridized carbons (Fsp3) is 0.476. The van der Waals surface area contributed by atoms with Crippen LogP contribution < -0.4 is 5.32 Å². The predicted octanol–water partition coefficient (Wildman–Crippen LogP) is 3.12. The molecule has 1 aromatic carbocycles. The lowest BCUT2D eigenvalue weighted by Gasteiger charge is -2.17. The maximum atomic E-state index is 11.4. The Bertz CT molecular complexity index is 734. The highest BCUT2D eigenvalue weighted by Gasteiger charge is 2.24. The van der Waals surface area contributed by atoms with E-state index in [1.54, 1.807) is 6.92 Å². The Morgan fingerprint density at radius 3 is 2.84 bits per heavy atom. The van der Waals surface area contributed by atoms with Crippen molar-refractivity contribution in [2.24, 2.45) is 7.05 Å². The number of benzene rings is 1. The second-order valence-corrected chi connectivity index (χ2v) is 7.21. The maximum Gasteiger partial charge on any atom is 0.161 e. The fourth-order valence-corrected chi connectivity index (χ4v) is 3.77. The third-order valence-corrected chi connectivity index (χ3v) is 5.33. The molecule has 0 spiro atoms. The number of ketones is 1. The smallest absolute Gasteiger partial charge is 0.161 e. The molecule has 1 aromatic heterocycles. The summed E-state index contributed by atoms with van der Waals surface area (Å²) in [5.74, 6) is 0.799. The molecule has 0 aliphatic carbocycles. The molecular weight excluding hydrogens is 310 g/mol. The van der Waals surface area contributed by atoms with Gasteiger partial charge in [-0.15, -0.1) is 0 Å². The second-order valence-electron chi connectivity index (χ2n) is 7.21. The average Bonchev–Trinajstić information content (AvgIpc) is 3.19. The number of hydrogen-bond acceptors (Lipinski definition) is 3. The summed E-state index contributed by atoms with van der Waals surface area (Å²) in [6, 6.07) is 10.8. The Balaban J connectivity index is 1.43. The average molecular weight is 339 g/mol. The second kappa shape index (κ2) is 7.98. The third kappa shape index (κ3) is 4.39. The minimum absolute atomic E-state index is 0.126. The van der Waals surface area contributed by atoms with Gasteiger partial charge in [-0.2, -0.15) is 0 Å². The van der Waals surface area contributed by atoms with Gasteiger partial charge in [0.2, 0.25) is 0 Å². The minimum Gasteiger partial charge on any atom is -0.353 e. The first-order valence-electron chi connectivity index (χ1n) is 9.19. The summed E-state index contributed by atoms with van der Waals surface area (Å²) in [6.07, 6.45) is 3.16. The number of nitrogens with one attached hydrogen (secondary N) is 1. The number of aromatic nitrogens is 1. The standard InChI is InChI=1S/C21H29N3O/c1-16-6-4-5-7-21(16)18-8-10-24(15-18)11-9-22-13-20-12-19(17(2)25)14-23(20)3/h4-7,12,14,18,22H,8-11,13,15H2,1-3H3. The van der Waals surface area contributed by atoms with Crippen LogP contribution in [0, 0.1) is 6.92 Å². The number of carbonyl (C=O) groups is 1. The Labute approximate surface area is 150 Å². The van der Waals surface area contributed by atoms with Crippen molar-refractivity contribution in [2.45, 2.75) is 32.7 Å². The van der Waals surface area contributed by atoms with Crippen molar-refractivity contribution in [1.29, 1.82) is 0 Å². The SMILES string of the molecule is CC(=O)c1cc(CNCCN2CCC(c3ccccc3C)C2)n(C)c1. The summed E-state index contributed by atoms with van der Waals surface area (Å²) in [7, 11) is 2.00. The molecule has 1 fully saturated rings. The molecular formula is C21H29N3O. The highest BCUT2D eigenvalue weighted by atomic mass is 16.1. The van der Waals surface area contributed by atoms with Gasteiger partial charge in [0.05, 0.1) is 0 Å². The number of Topliss-reactive ketones (excluding diaryl/α,β-unsaturated/α-hetero) is 1. The summed E-state index contributed by atoms with van der Waals surface area (Å²) in [4.78, 5) is 14.0. The molecule has 0 bridgehead atoms. The molecule has 0 amide bonds. The van der Waals surface area contributed by atoms with E-state index in [9.17, 15) is 4.79 Å². The van der Waals surface area contributed by atoms with Crippen LogP contribution in [0.2, 0.25) is 0 Å². The van der Waals surface area contributed by atoms with Crippen molar-refractivity contribution in [3.05, 3.63) is 58.9 Å². The van der Waals surface area contributed by atoms with Crippen LogP contribution in [0.15, 0.2) is 36.5 Å². The van der Waals surface area contributed by atoms with Crippen LogP contribution in [-0.2, 0) is 13.6 Å². The number of aryl methyl sites for hydroxylation is 2. The molecule has 4 heteroatoms. The largest absolute Gasteiger partial charge is 0.353 e. The Kier molecular flexibility index (Phi) is 5.71. The lowest BCUT2D eigenvalue weighted by Crippen LogP contribution is -2.30. The van der Waals surface area contributed by atoms with Crippen molar-refractivity contribution in [1.82, 2.24) is 14.8 Å². The van der Waals surface area contributed by atoms with Crippen molar-refractivity contribution in [3.63, 3.8) is 0 Å². The van der Waals surface area contributed by atoms with E-state index in [2.05, 4.69) is 41.4 Å². The van der Waals surface area contributed by atoms with Crippen LogP contribution in [0.5, 0.6) is 0 Å². The number of hydrogen-bond donors (Lipinski definition) is 1. The van der Waals surface area contributed by atoms with Gasteiger partial charge in [-0.25, -0.2) is 0 Å². The summed E-state index contributed by atoms with van der Waals surface area (Å²) in [5.41, 5.74) is 4.88. The van der Waals surface area contributed by atoms with Crippen LogP contribution in [0.1, 0.15) is 46.4 Å². The highest BCUT2D eigenvalue weighted by molar-refractivity contribution is 5.94. The molecule has 2 heterocycles. The van der Waals surface area contributed by atoms with E-state index in [4.69, 9.17) is 0 Å². The first-order chi connectivity index (χ1) is 12.0. The zero-order valence-electron chi connectivity index (χ0n) is 15.6. The molecule has 1 saturated heterocycles. The number of likely N-dealkylation sites (tertiary alicyclic amines) is 1. The molecule has 1 N–H and O–H groups in total. The minimum atomic E-state index is 0.126. The lowest BCUT2D eigenvalue weighted by atomic mass is 9.94. The molecule has 1 unspecified atom stereocenters. The van der Waals surface area contributed by atoms with Crippen LogP contribution in [0.3, 0.4) is 0 Å². The quantitative estimate of drug-likeness (QED) is 0.622. The lowest BCUT2D eigenvalue weighted by molar-refractivity contribution is 0.101. The van der Waals surface area contributed by atoms with Gasteiger partial charge in [0.1, 0.15) is 0 Å². The van der Waals surface area contributed by atoms with Crippen LogP contribution >= 0.6 is 0 Å². The van der Waals surface area contributed by atoms with Crippen LogP contribution in [-0.4, -0.2) is 41.4 Å². The van der Waals surface area contributed by atoms with Gasteiger partial charge in [0.25, 0.3) is 0 Å². The third-order valence-electron chi connectivity index (χ3n) is 5.33. The van der Waals surface area contributed by atoms with Gasteiger partial charge in [0, 0.05) is 50.7 Å². The van der Waals surface area contributed by atoms with Gasteiger partial charge in [0.15, 0.2) is 5.78 Å². The van der Waals surface area contributed by atoms with Crippen molar-refractivity contribution < 1.29 is 4.79 Å². The first-order valence-corrected chi connectivity index (χ1v) is 9.19. The van der Waals surface area contributed by atoms with Gasteiger partial charge in [-0.05, 0) is 49.9 Å². The molecule has 25 heavy (non-hydrogen) atoms. The van der Waals surface area contributed by atoms with Gasteiger partial charge >= 0.3 is 0 Å². The van der Waals surface area contributed by atoms with E-state index >= 15 is 0 Å². The molecule has 1 aliphatic rings. The zero-order valence-corrected chi connectivity index (χ0v) is 15.6. The van der Waals surface area contributed by atoms with E-state index in [1.165, 1.54) is 24.1 Å². The Hall–Kier alpha value is -1.91. The van der Waals surface area contributed by atoms with Crippen molar-refractivity contribution in [3.8, 4) is 0 Å². The summed E-state index contributed by atoms with van der Waals surface area (Å²) in [6.45, 7) is 9.02. The summed E-state index contributed by atoms with van der Waals surface area (Å²) in [5, 5.41) is 3.51. The monoisotopic (exact) mass is 339 g/mol. The Morgan fingerprint density at radius 2 is 2.12 bits per heavy atom. The summed E-state index contributed by atoms with van der Waals surface area (Å²) < 4.78 is 2.04. The number of nitrogens with zero attached hydrogens (tertiary/aromatic N) is 2. The van der Waals surface area contributed by atoms with Crippen LogP contribution in [0.4, 0.5) is 0 Å². The van der Waals surface area contributed by atoms with Crippen molar-refractivity contribution in [2.75, 3.05) is 26.2 Å². The zero-order chi connectivity index (χ0) is 17.8. The van der Waals surface area contributed by atoms with Crippen molar-refractivity contribution >= 4 is 5.78 Å². The summed E-state index contributed by atoms with van der Waals surface area (Å²) >= 11 is 0. The Morgan fingerprint density at radius 1 is 1.32 bits per heavy atom. The molecule has 0 radical (unpaired) electrons. The molecule has 3 rings (SSSR count). The van der Waals surface area contributed by atoms with E-state index in [0.29, 0.717) is 5.92 Å². The van der Waals surface area contributed by atoms with Gasteiger partial charge in [-0.1, -0.05) is 24.3 Å². The highest BCUT2D eigenvalue weighted by Crippen LogP contribution is 2.28. The van der Waals surface area contributed by atoms with E-state index < -0.39 is 0 Å². The maximum absolute atomic E-state index is 11.4. The molecule has 0 saturated carbocycles. The van der Waals surface area contributed by atoms with Crippen LogP contribution in [0.25, 0.3) is 0 Å². The number of carbonyl (C=O) groups excluding carboxylic acids is 1. The fourth-order valence-electron chi connectivity index (χ4n) is 3.77.